The second-order valence-corrected chi connectivity index (χ2v) is 10.1. The predicted molar refractivity (Wildman–Crippen MR) is 125 cm³/mol. The van der Waals surface area contributed by atoms with Crippen LogP contribution in [0.4, 0.5) is 9.52 Å². The van der Waals surface area contributed by atoms with E-state index in [4.69, 9.17) is 19.2 Å². The highest BCUT2D eigenvalue weighted by atomic mass is 32.2. The van der Waals surface area contributed by atoms with Crippen LogP contribution in [-0.4, -0.2) is 65.2 Å². The third kappa shape index (κ3) is 4.61. The van der Waals surface area contributed by atoms with Gasteiger partial charge in [0, 0.05) is 37.1 Å². The molecule has 2 aromatic carbocycles. The molecule has 11 heteroatoms. The van der Waals surface area contributed by atoms with Crippen LogP contribution in [0.25, 0.3) is 11.3 Å². The van der Waals surface area contributed by atoms with E-state index in [2.05, 4.69) is 0 Å². The monoisotopic (exact) mass is 493 g/mol. The molecule has 2 heterocycles. The van der Waals surface area contributed by atoms with Crippen LogP contribution in [0.1, 0.15) is 0 Å². The van der Waals surface area contributed by atoms with Gasteiger partial charge in [-0.3, -0.25) is 0 Å². The fourth-order valence-corrected chi connectivity index (χ4v) is 6.01. The predicted octanol–water partition coefficient (Wildman–Crippen LogP) is 3.49. The van der Waals surface area contributed by atoms with Crippen LogP contribution in [-0.2, 0) is 10.0 Å². The van der Waals surface area contributed by atoms with E-state index < -0.39 is 15.8 Å². The fraction of sp³-hybridized carbons (Fsp3) is 0.318. The van der Waals surface area contributed by atoms with Gasteiger partial charge >= 0.3 is 0 Å². The lowest BCUT2D eigenvalue weighted by Crippen LogP contribution is -2.48. The quantitative estimate of drug-likeness (QED) is 0.498. The first kappa shape index (κ1) is 23.3. The molecule has 0 unspecified atom stereocenters. The summed E-state index contributed by atoms with van der Waals surface area (Å²) in [7, 11) is 0.932. The second-order valence-electron chi connectivity index (χ2n) is 7.28. The van der Waals surface area contributed by atoms with Gasteiger partial charge in [-0.15, -0.1) is 11.3 Å². The topological polar surface area (TPSA) is 81.2 Å². The Hall–Kier alpha value is -2.89. The Balaban J connectivity index is 1.50. The van der Waals surface area contributed by atoms with Gasteiger partial charge in [0.25, 0.3) is 0 Å². The van der Waals surface area contributed by atoms with Gasteiger partial charge in [0.1, 0.15) is 5.82 Å². The summed E-state index contributed by atoms with van der Waals surface area (Å²) in [5, 5.41) is 2.73. The third-order valence-corrected chi connectivity index (χ3v) is 8.19. The lowest BCUT2D eigenvalue weighted by atomic mass is 10.1. The molecule has 0 saturated carbocycles. The molecule has 0 N–H and O–H groups in total. The van der Waals surface area contributed by atoms with Crippen molar-refractivity contribution in [1.82, 2.24) is 9.29 Å². The normalized spacial score (nSPS) is 14.8. The van der Waals surface area contributed by atoms with Crippen LogP contribution in [0, 0.1) is 5.82 Å². The lowest BCUT2D eigenvalue weighted by molar-refractivity contribution is 0.324. The summed E-state index contributed by atoms with van der Waals surface area (Å²) in [5.74, 6) is 1.02. The lowest BCUT2D eigenvalue weighted by Gasteiger charge is -2.33. The van der Waals surface area contributed by atoms with Crippen LogP contribution < -0.4 is 19.1 Å². The van der Waals surface area contributed by atoms with E-state index in [-0.39, 0.29) is 18.0 Å². The van der Waals surface area contributed by atoms with Gasteiger partial charge in [0.2, 0.25) is 15.8 Å². The van der Waals surface area contributed by atoms with Crippen molar-refractivity contribution < 1.29 is 27.0 Å². The van der Waals surface area contributed by atoms with Crippen LogP contribution in [0.15, 0.2) is 46.7 Å². The Morgan fingerprint density at radius 3 is 2.21 bits per heavy atom. The SMILES string of the molecule is COc1cc(-c2csc(N3CCN(S(=O)(=O)c4cccc(F)c4)CC3)n2)cc(OC)c1OC. The maximum Gasteiger partial charge on any atom is 0.243 e. The maximum absolute atomic E-state index is 13.5. The van der Waals surface area contributed by atoms with Gasteiger partial charge in [0.05, 0.1) is 31.9 Å². The molecule has 33 heavy (non-hydrogen) atoms. The molecule has 0 radical (unpaired) electrons. The highest BCUT2D eigenvalue weighted by Crippen LogP contribution is 2.41. The summed E-state index contributed by atoms with van der Waals surface area (Å²) in [4.78, 5) is 6.76. The van der Waals surface area contributed by atoms with Gasteiger partial charge in [-0.1, -0.05) is 6.07 Å². The van der Waals surface area contributed by atoms with E-state index >= 15 is 0 Å². The number of hydrogen-bond acceptors (Lipinski definition) is 8. The van der Waals surface area contributed by atoms with Crippen molar-refractivity contribution >= 4 is 26.5 Å². The van der Waals surface area contributed by atoms with Crippen molar-refractivity contribution in [1.29, 1.82) is 0 Å². The zero-order valence-electron chi connectivity index (χ0n) is 18.4. The molecule has 0 aliphatic carbocycles. The van der Waals surface area contributed by atoms with Crippen LogP contribution in [0.2, 0.25) is 0 Å². The first-order chi connectivity index (χ1) is 15.9. The third-order valence-electron chi connectivity index (χ3n) is 5.40. The smallest absolute Gasteiger partial charge is 0.243 e. The molecule has 0 atom stereocenters. The zero-order valence-corrected chi connectivity index (χ0v) is 20.1. The molecule has 0 spiro atoms. The first-order valence-corrected chi connectivity index (χ1v) is 12.5. The number of methoxy groups -OCH3 is 3. The van der Waals surface area contributed by atoms with E-state index in [0.29, 0.717) is 30.3 Å². The molecule has 0 bridgehead atoms. The number of nitrogens with zero attached hydrogens (tertiary/aromatic N) is 3. The molecular weight excluding hydrogens is 469 g/mol. The summed E-state index contributed by atoms with van der Waals surface area (Å²) in [6.07, 6.45) is 0. The number of piperazine rings is 1. The number of ether oxygens (including phenoxy) is 3. The number of hydrogen-bond donors (Lipinski definition) is 0. The Bertz CT molecular complexity index is 1220. The van der Waals surface area contributed by atoms with E-state index in [9.17, 15) is 12.8 Å². The maximum atomic E-state index is 13.5. The largest absolute Gasteiger partial charge is 0.493 e. The van der Waals surface area contributed by atoms with Gasteiger partial charge in [0.15, 0.2) is 16.6 Å². The average molecular weight is 494 g/mol. The minimum atomic E-state index is -3.74. The molecule has 0 amide bonds. The van der Waals surface area contributed by atoms with Crippen molar-refractivity contribution in [3.8, 4) is 28.5 Å². The Morgan fingerprint density at radius 1 is 0.970 bits per heavy atom. The molecule has 4 rings (SSSR count). The van der Waals surface area contributed by atoms with Crippen molar-refractivity contribution in [2.24, 2.45) is 0 Å². The van der Waals surface area contributed by atoms with Crippen molar-refractivity contribution in [2.45, 2.75) is 4.90 Å². The second kappa shape index (κ2) is 9.54. The Kier molecular flexibility index (Phi) is 6.73. The molecule has 176 valence electrons. The number of anilines is 1. The Morgan fingerprint density at radius 2 is 1.64 bits per heavy atom. The van der Waals surface area contributed by atoms with Crippen molar-refractivity contribution in [3.05, 3.63) is 47.6 Å². The van der Waals surface area contributed by atoms with Crippen LogP contribution >= 0.6 is 11.3 Å². The minimum absolute atomic E-state index is 0.0325. The fourth-order valence-electron chi connectivity index (χ4n) is 3.67. The first-order valence-electron chi connectivity index (χ1n) is 10.1. The minimum Gasteiger partial charge on any atom is -0.493 e. The van der Waals surface area contributed by atoms with Gasteiger partial charge in [-0.2, -0.15) is 4.31 Å². The highest BCUT2D eigenvalue weighted by Gasteiger charge is 2.29. The average Bonchev–Trinajstić information content (AvgIpc) is 3.33. The van der Waals surface area contributed by atoms with E-state index in [1.54, 1.807) is 21.3 Å². The van der Waals surface area contributed by atoms with Crippen molar-refractivity contribution in [2.75, 3.05) is 52.4 Å². The molecule has 1 fully saturated rings. The zero-order chi connectivity index (χ0) is 23.6. The molecule has 1 aliphatic rings. The van der Waals surface area contributed by atoms with Crippen LogP contribution in [0.5, 0.6) is 17.2 Å². The number of aromatic nitrogens is 1. The summed E-state index contributed by atoms with van der Waals surface area (Å²) < 4.78 is 56.8. The number of benzene rings is 2. The molecule has 1 aromatic heterocycles. The van der Waals surface area contributed by atoms with E-state index in [1.165, 1.54) is 33.8 Å². The molecule has 3 aromatic rings. The number of sulfonamides is 1. The molecule has 8 nitrogen and oxygen atoms in total. The van der Waals surface area contributed by atoms with Gasteiger partial charge in [-0.05, 0) is 30.3 Å². The van der Waals surface area contributed by atoms with Gasteiger partial charge in [-0.25, -0.2) is 17.8 Å². The van der Waals surface area contributed by atoms with Gasteiger partial charge < -0.3 is 19.1 Å². The highest BCUT2D eigenvalue weighted by molar-refractivity contribution is 7.89. The molecule has 1 aliphatic heterocycles. The standard InChI is InChI=1S/C22H24FN3O5S2/c1-29-19-11-15(12-20(30-2)21(19)31-3)18-14-32-22(24-18)25-7-9-26(10-8-25)33(27,28)17-6-4-5-16(23)13-17/h4-6,11-14H,7-10H2,1-3H3. The van der Waals surface area contributed by atoms with E-state index in [0.717, 1.165) is 22.5 Å². The summed E-state index contributed by atoms with van der Waals surface area (Å²) >= 11 is 1.48. The van der Waals surface area contributed by atoms with Crippen LogP contribution in [0.3, 0.4) is 0 Å². The number of thiazole rings is 1. The number of rotatable bonds is 7. The van der Waals surface area contributed by atoms with Crippen molar-refractivity contribution in [3.63, 3.8) is 0 Å². The molecular formula is C22H24FN3O5S2. The summed E-state index contributed by atoms with van der Waals surface area (Å²) in [5.41, 5.74) is 1.57. The van der Waals surface area contributed by atoms with E-state index in [1.807, 2.05) is 22.4 Å². The summed E-state index contributed by atoms with van der Waals surface area (Å²) in [6, 6.07) is 8.76. The molecule has 1 saturated heterocycles. The summed E-state index contributed by atoms with van der Waals surface area (Å²) in [6.45, 7) is 1.55. The number of halogens is 1. The Labute approximate surface area is 196 Å².